The molecule has 1 amide bonds. The lowest BCUT2D eigenvalue weighted by Crippen LogP contribution is -2.29. The van der Waals surface area contributed by atoms with E-state index in [1.165, 1.54) is 10.9 Å². The number of anilines is 1. The summed E-state index contributed by atoms with van der Waals surface area (Å²) >= 11 is 0. The monoisotopic (exact) mass is 277 g/mol. The first-order valence-electron chi connectivity index (χ1n) is 5.11. The van der Waals surface area contributed by atoms with Gasteiger partial charge in [-0.1, -0.05) is 0 Å². The fraction of sp³-hybridized carbons (Fsp3) is 0.500. The van der Waals surface area contributed by atoms with Crippen LogP contribution < -0.4 is 16.2 Å². The van der Waals surface area contributed by atoms with Crippen LogP contribution in [0.5, 0.6) is 0 Å². The molecule has 1 aromatic rings. The predicted molar refractivity (Wildman–Crippen MR) is 63.0 cm³/mol. The van der Waals surface area contributed by atoms with E-state index in [1.807, 2.05) is 0 Å². The van der Waals surface area contributed by atoms with Crippen LogP contribution in [0.4, 0.5) is 10.6 Å². The molecule has 0 saturated heterocycles. The molecule has 18 heavy (non-hydrogen) atoms. The molecule has 0 saturated carbocycles. The predicted octanol–water partition coefficient (Wildman–Crippen LogP) is -1.14. The largest absolute Gasteiger partial charge is 0.448 e. The Kier molecular flexibility index (Phi) is 4.50. The van der Waals surface area contributed by atoms with Crippen LogP contribution >= 0.6 is 0 Å². The Bertz CT molecular complexity index is 524. The minimum Gasteiger partial charge on any atom is -0.448 e. The fourth-order valence-corrected chi connectivity index (χ4v) is 2.28. The summed E-state index contributed by atoms with van der Waals surface area (Å²) in [5.74, 6) is -0.0832. The van der Waals surface area contributed by atoms with Gasteiger partial charge in [-0.3, -0.25) is 4.68 Å². The molecule has 0 atom stereocenters. The van der Waals surface area contributed by atoms with Crippen molar-refractivity contribution >= 4 is 21.9 Å². The van der Waals surface area contributed by atoms with E-state index in [2.05, 4.69) is 14.6 Å². The average Bonchev–Trinajstić information content (AvgIpc) is 2.66. The van der Waals surface area contributed by atoms with Gasteiger partial charge in [0.15, 0.2) is 5.82 Å². The van der Waals surface area contributed by atoms with Crippen molar-refractivity contribution in [2.45, 2.75) is 18.4 Å². The molecule has 9 nitrogen and oxygen atoms in total. The molecule has 0 aliphatic rings. The number of nitrogens with one attached hydrogen (secondary N) is 1. The summed E-state index contributed by atoms with van der Waals surface area (Å²) in [4.78, 5) is 10.2. The zero-order valence-corrected chi connectivity index (χ0v) is 10.6. The van der Waals surface area contributed by atoms with Gasteiger partial charge in [0.1, 0.15) is 11.5 Å². The summed E-state index contributed by atoms with van der Waals surface area (Å²) in [7, 11) is -3.77. The van der Waals surface area contributed by atoms with Crippen molar-refractivity contribution in [3.8, 4) is 0 Å². The van der Waals surface area contributed by atoms with Crippen molar-refractivity contribution in [3.05, 3.63) is 6.20 Å². The van der Waals surface area contributed by atoms with Crippen molar-refractivity contribution < 1.29 is 17.9 Å². The topological polar surface area (TPSA) is 142 Å². The third kappa shape index (κ3) is 3.60. The number of carbonyl (C=O) groups excluding carboxylic acids is 1. The third-order valence-corrected chi connectivity index (χ3v) is 3.48. The first-order valence-corrected chi connectivity index (χ1v) is 6.60. The standard InChI is InChI=1S/C8H15N5O4S/c1-2-13-5-6(7(9)12-13)18(15,16)11-3-4-17-8(10)14/h5,11H,2-4H2,1H3,(H2,9,12)(H2,10,14). The Balaban J connectivity index is 2.68. The zero-order valence-electron chi connectivity index (χ0n) is 9.79. The van der Waals surface area contributed by atoms with Crippen LogP contribution in [0, 0.1) is 0 Å². The third-order valence-electron chi connectivity index (χ3n) is 2.01. The molecular weight excluding hydrogens is 262 g/mol. The Hall–Kier alpha value is -1.81. The minimum absolute atomic E-state index is 0.0832. The number of aromatic nitrogens is 2. The van der Waals surface area contributed by atoms with Gasteiger partial charge in [-0.2, -0.15) is 5.10 Å². The van der Waals surface area contributed by atoms with Crippen LogP contribution in [0.15, 0.2) is 11.1 Å². The van der Waals surface area contributed by atoms with Gasteiger partial charge in [0.2, 0.25) is 10.0 Å². The summed E-state index contributed by atoms with van der Waals surface area (Å²) in [6, 6.07) is 0. The molecule has 102 valence electrons. The lowest BCUT2D eigenvalue weighted by molar-refractivity contribution is 0.159. The first kappa shape index (κ1) is 14.3. The summed E-state index contributed by atoms with van der Waals surface area (Å²) in [5, 5.41) is 3.82. The smallest absolute Gasteiger partial charge is 0.404 e. The Morgan fingerprint density at radius 1 is 1.61 bits per heavy atom. The van der Waals surface area contributed by atoms with Crippen molar-refractivity contribution in [3.63, 3.8) is 0 Å². The normalized spacial score (nSPS) is 11.4. The molecule has 0 aromatic carbocycles. The average molecular weight is 277 g/mol. The highest BCUT2D eigenvalue weighted by molar-refractivity contribution is 7.89. The van der Waals surface area contributed by atoms with E-state index in [1.54, 1.807) is 6.92 Å². The second-order valence-electron chi connectivity index (χ2n) is 3.30. The molecule has 1 aromatic heterocycles. The number of hydrogen-bond acceptors (Lipinski definition) is 6. The van der Waals surface area contributed by atoms with Crippen LogP contribution in [0.2, 0.25) is 0 Å². The van der Waals surface area contributed by atoms with Gasteiger partial charge in [0, 0.05) is 19.3 Å². The van der Waals surface area contributed by atoms with Gasteiger partial charge in [0.05, 0.1) is 0 Å². The number of aryl methyl sites for hydroxylation is 1. The summed E-state index contributed by atoms with van der Waals surface area (Å²) < 4.78 is 31.6. The quantitative estimate of drug-likeness (QED) is 0.561. The number of amides is 1. The van der Waals surface area contributed by atoms with Gasteiger partial charge < -0.3 is 16.2 Å². The summed E-state index contributed by atoms with van der Waals surface area (Å²) in [5.41, 5.74) is 10.2. The molecule has 0 aliphatic heterocycles. The fourth-order valence-electron chi connectivity index (χ4n) is 1.19. The first-order chi connectivity index (χ1) is 8.36. The van der Waals surface area contributed by atoms with E-state index in [0.717, 1.165) is 0 Å². The van der Waals surface area contributed by atoms with E-state index in [9.17, 15) is 13.2 Å². The van der Waals surface area contributed by atoms with E-state index < -0.39 is 16.1 Å². The second-order valence-corrected chi connectivity index (χ2v) is 5.03. The second kappa shape index (κ2) is 5.69. The molecule has 0 bridgehead atoms. The number of nitrogens with two attached hydrogens (primary N) is 2. The number of carbonyl (C=O) groups is 1. The summed E-state index contributed by atoms with van der Waals surface area (Å²) in [6.07, 6.45) is 0.361. The van der Waals surface area contributed by atoms with Gasteiger partial charge in [-0.25, -0.2) is 17.9 Å². The molecule has 5 N–H and O–H groups in total. The molecule has 0 aliphatic carbocycles. The van der Waals surface area contributed by atoms with Crippen molar-refractivity contribution in [2.75, 3.05) is 18.9 Å². The molecule has 0 unspecified atom stereocenters. The van der Waals surface area contributed by atoms with Crippen molar-refractivity contribution in [2.24, 2.45) is 5.73 Å². The number of primary amides is 1. The molecule has 0 spiro atoms. The van der Waals surface area contributed by atoms with Crippen LogP contribution in [-0.2, 0) is 21.3 Å². The van der Waals surface area contributed by atoms with E-state index in [0.29, 0.717) is 6.54 Å². The van der Waals surface area contributed by atoms with Crippen LogP contribution in [0.3, 0.4) is 0 Å². The molecule has 10 heteroatoms. The van der Waals surface area contributed by atoms with Gasteiger partial charge in [-0.05, 0) is 6.92 Å². The van der Waals surface area contributed by atoms with Crippen LogP contribution in [0.1, 0.15) is 6.92 Å². The Morgan fingerprint density at radius 3 is 2.78 bits per heavy atom. The molecule has 1 heterocycles. The van der Waals surface area contributed by atoms with E-state index >= 15 is 0 Å². The Morgan fingerprint density at radius 2 is 2.28 bits per heavy atom. The van der Waals surface area contributed by atoms with E-state index in [4.69, 9.17) is 11.5 Å². The highest BCUT2D eigenvalue weighted by Crippen LogP contribution is 2.15. The van der Waals surface area contributed by atoms with Gasteiger partial charge in [-0.15, -0.1) is 0 Å². The molecule has 1 rings (SSSR count). The number of rotatable bonds is 6. The number of hydrogen-bond donors (Lipinski definition) is 3. The lowest BCUT2D eigenvalue weighted by atomic mass is 10.6. The highest BCUT2D eigenvalue weighted by atomic mass is 32.2. The molecular formula is C8H15N5O4S. The maximum atomic E-state index is 11.8. The lowest BCUT2D eigenvalue weighted by Gasteiger charge is -2.05. The van der Waals surface area contributed by atoms with Crippen molar-refractivity contribution in [1.82, 2.24) is 14.5 Å². The number of nitrogen functional groups attached to an aromatic ring is 1. The Labute approximate surface area is 104 Å². The molecule has 0 fully saturated rings. The number of sulfonamides is 1. The highest BCUT2D eigenvalue weighted by Gasteiger charge is 2.20. The van der Waals surface area contributed by atoms with Gasteiger partial charge in [0.25, 0.3) is 0 Å². The van der Waals surface area contributed by atoms with Gasteiger partial charge >= 0.3 is 6.09 Å². The van der Waals surface area contributed by atoms with E-state index in [-0.39, 0.29) is 23.9 Å². The minimum atomic E-state index is -3.77. The zero-order chi connectivity index (χ0) is 13.8. The number of nitrogens with zero attached hydrogens (tertiary/aromatic N) is 2. The number of ether oxygens (including phenoxy) is 1. The van der Waals surface area contributed by atoms with Crippen LogP contribution in [0.25, 0.3) is 0 Å². The molecule has 0 radical (unpaired) electrons. The summed E-state index contributed by atoms with van der Waals surface area (Å²) in [6.45, 7) is 2.06. The van der Waals surface area contributed by atoms with Crippen molar-refractivity contribution in [1.29, 1.82) is 0 Å². The maximum Gasteiger partial charge on any atom is 0.404 e. The maximum absolute atomic E-state index is 11.8. The SMILES string of the molecule is CCn1cc(S(=O)(=O)NCCOC(N)=O)c(N)n1. The van der Waals surface area contributed by atoms with Crippen LogP contribution in [-0.4, -0.2) is 37.4 Å².